The minimum Gasteiger partial charge on any atom is -0.337 e. The van der Waals surface area contributed by atoms with Gasteiger partial charge in [0.2, 0.25) is 5.91 Å². The van der Waals surface area contributed by atoms with Crippen LogP contribution in [0.5, 0.6) is 0 Å². The summed E-state index contributed by atoms with van der Waals surface area (Å²) in [6, 6.07) is 9.03. The normalized spacial score (nSPS) is 10.2. The molecule has 0 saturated carbocycles. The Balaban J connectivity index is 2.12. The van der Waals surface area contributed by atoms with Crippen LogP contribution in [0.1, 0.15) is 27.7 Å². The zero-order chi connectivity index (χ0) is 15.4. The molecule has 0 aliphatic heterocycles. The second kappa shape index (κ2) is 6.54. The molecule has 0 fully saturated rings. The van der Waals surface area contributed by atoms with Gasteiger partial charge in [-0.2, -0.15) is 0 Å². The quantitative estimate of drug-likeness (QED) is 0.942. The third kappa shape index (κ3) is 3.92. The molecule has 5 heteroatoms. The van der Waals surface area contributed by atoms with Crippen LogP contribution in [-0.2, 0) is 11.3 Å². The summed E-state index contributed by atoms with van der Waals surface area (Å²) in [6.07, 6.45) is 0. The van der Waals surface area contributed by atoms with E-state index in [0.29, 0.717) is 17.8 Å². The molecule has 2 amide bonds. The maximum atomic E-state index is 12.4. The molecular weight excluding hydrogens is 284 g/mol. The zero-order valence-corrected chi connectivity index (χ0v) is 13.2. The number of aryl methyl sites for hydroxylation is 1. The first-order valence-electron chi connectivity index (χ1n) is 6.63. The Morgan fingerprint density at radius 2 is 2.05 bits per heavy atom. The monoisotopic (exact) mass is 302 g/mol. The van der Waals surface area contributed by atoms with E-state index in [9.17, 15) is 9.59 Å². The Morgan fingerprint density at radius 3 is 2.67 bits per heavy atom. The van der Waals surface area contributed by atoms with Gasteiger partial charge in [-0.3, -0.25) is 9.59 Å². The van der Waals surface area contributed by atoms with Crippen LogP contribution in [0.3, 0.4) is 0 Å². The van der Waals surface area contributed by atoms with Crippen LogP contribution >= 0.6 is 11.3 Å². The van der Waals surface area contributed by atoms with Gasteiger partial charge in [-0.15, -0.1) is 11.3 Å². The van der Waals surface area contributed by atoms with Crippen molar-refractivity contribution in [2.45, 2.75) is 20.4 Å². The predicted molar refractivity (Wildman–Crippen MR) is 85.6 cm³/mol. The summed E-state index contributed by atoms with van der Waals surface area (Å²) >= 11 is 1.65. The van der Waals surface area contributed by atoms with E-state index in [1.165, 1.54) is 17.4 Å². The van der Waals surface area contributed by atoms with Crippen molar-refractivity contribution >= 4 is 28.8 Å². The fraction of sp³-hybridized carbons (Fsp3) is 0.250. The van der Waals surface area contributed by atoms with E-state index in [1.807, 2.05) is 12.3 Å². The van der Waals surface area contributed by atoms with Crippen molar-refractivity contribution in [1.29, 1.82) is 0 Å². The number of nitrogens with one attached hydrogen (secondary N) is 1. The number of benzene rings is 1. The molecular formula is C16H18N2O2S. The van der Waals surface area contributed by atoms with E-state index in [1.54, 1.807) is 47.5 Å². The van der Waals surface area contributed by atoms with Crippen LogP contribution < -0.4 is 5.32 Å². The van der Waals surface area contributed by atoms with Gasteiger partial charge >= 0.3 is 0 Å². The first-order valence-corrected chi connectivity index (χ1v) is 7.51. The van der Waals surface area contributed by atoms with Gasteiger partial charge in [0.1, 0.15) is 0 Å². The number of hydrogen-bond acceptors (Lipinski definition) is 3. The number of thiophene rings is 1. The minimum atomic E-state index is -0.151. The van der Waals surface area contributed by atoms with Crippen LogP contribution in [0, 0.1) is 6.92 Å². The molecule has 0 aliphatic rings. The van der Waals surface area contributed by atoms with E-state index in [-0.39, 0.29) is 11.8 Å². The van der Waals surface area contributed by atoms with Gasteiger partial charge in [-0.1, -0.05) is 6.07 Å². The molecule has 1 heterocycles. The average Bonchev–Trinajstić information content (AvgIpc) is 2.83. The highest BCUT2D eigenvalue weighted by Crippen LogP contribution is 2.19. The highest BCUT2D eigenvalue weighted by molar-refractivity contribution is 7.10. The molecule has 1 aromatic heterocycles. The number of carbonyl (C=O) groups is 2. The first-order chi connectivity index (χ1) is 9.97. The van der Waals surface area contributed by atoms with Gasteiger partial charge < -0.3 is 10.2 Å². The molecule has 0 atom stereocenters. The van der Waals surface area contributed by atoms with Crippen molar-refractivity contribution in [3.63, 3.8) is 0 Å². The van der Waals surface area contributed by atoms with Gasteiger partial charge in [-0.05, 0) is 42.1 Å². The van der Waals surface area contributed by atoms with Crippen molar-refractivity contribution < 1.29 is 9.59 Å². The smallest absolute Gasteiger partial charge is 0.253 e. The summed E-state index contributed by atoms with van der Waals surface area (Å²) in [6.45, 7) is 4.08. The molecule has 1 N–H and O–H groups in total. The van der Waals surface area contributed by atoms with Crippen molar-refractivity contribution in [3.8, 4) is 0 Å². The molecule has 110 valence electrons. The second-order valence-corrected chi connectivity index (χ2v) is 5.95. The van der Waals surface area contributed by atoms with Crippen molar-refractivity contribution in [2.24, 2.45) is 0 Å². The lowest BCUT2D eigenvalue weighted by Crippen LogP contribution is -2.26. The Morgan fingerprint density at radius 1 is 1.29 bits per heavy atom. The van der Waals surface area contributed by atoms with Crippen LogP contribution in [0.25, 0.3) is 0 Å². The van der Waals surface area contributed by atoms with Gasteiger partial charge in [0.25, 0.3) is 5.91 Å². The standard InChI is InChI=1S/C16H18N2O2S/c1-11-7-8-21-15(11)10-18(3)16(20)13-5-4-6-14(9-13)17-12(2)19/h4-9H,10H2,1-3H3,(H,17,19). The maximum absolute atomic E-state index is 12.4. The first kappa shape index (κ1) is 15.3. The Kier molecular flexibility index (Phi) is 4.75. The molecule has 0 unspecified atom stereocenters. The highest BCUT2D eigenvalue weighted by Gasteiger charge is 2.14. The minimum absolute atomic E-state index is 0.0602. The molecule has 0 radical (unpaired) electrons. The Bertz CT molecular complexity index is 664. The molecule has 0 aliphatic carbocycles. The zero-order valence-electron chi connectivity index (χ0n) is 12.3. The number of rotatable bonds is 4. The molecule has 0 bridgehead atoms. The van der Waals surface area contributed by atoms with Crippen LogP contribution in [0.4, 0.5) is 5.69 Å². The highest BCUT2D eigenvalue weighted by atomic mass is 32.1. The third-order valence-corrected chi connectivity index (χ3v) is 4.13. The molecule has 4 nitrogen and oxygen atoms in total. The second-order valence-electron chi connectivity index (χ2n) is 4.95. The molecule has 0 spiro atoms. The fourth-order valence-corrected chi connectivity index (χ4v) is 2.97. The lowest BCUT2D eigenvalue weighted by molar-refractivity contribution is -0.114. The van der Waals surface area contributed by atoms with Gasteiger partial charge in [0.05, 0.1) is 6.54 Å². The largest absolute Gasteiger partial charge is 0.337 e. The van der Waals surface area contributed by atoms with Gasteiger partial charge in [0.15, 0.2) is 0 Å². The van der Waals surface area contributed by atoms with E-state index in [2.05, 4.69) is 11.4 Å². The maximum Gasteiger partial charge on any atom is 0.253 e. The lowest BCUT2D eigenvalue weighted by atomic mass is 10.1. The molecule has 1 aromatic carbocycles. The van der Waals surface area contributed by atoms with Crippen molar-refractivity contribution in [2.75, 3.05) is 12.4 Å². The SMILES string of the molecule is CC(=O)Nc1cccc(C(=O)N(C)Cc2sccc2C)c1. The average molecular weight is 302 g/mol. The molecule has 2 rings (SSSR count). The van der Waals surface area contributed by atoms with Crippen LogP contribution in [-0.4, -0.2) is 23.8 Å². The van der Waals surface area contributed by atoms with Crippen molar-refractivity contribution in [3.05, 3.63) is 51.7 Å². The number of carbonyl (C=O) groups excluding carboxylic acids is 2. The van der Waals surface area contributed by atoms with Crippen molar-refractivity contribution in [1.82, 2.24) is 4.90 Å². The summed E-state index contributed by atoms with van der Waals surface area (Å²) in [7, 11) is 1.78. The van der Waals surface area contributed by atoms with E-state index >= 15 is 0 Å². The number of nitrogens with zero attached hydrogens (tertiary/aromatic N) is 1. The molecule has 0 saturated heterocycles. The number of amides is 2. The topological polar surface area (TPSA) is 49.4 Å². The van der Waals surface area contributed by atoms with Crippen LogP contribution in [0.2, 0.25) is 0 Å². The number of hydrogen-bond donors (Lipinski definition) is 1. The Labute approximate surface area is 128 Å². The molecule has 21 heavy (non-hydrogen) atoms. The predicted octanol–water partition coefficient (Wildman–Crippen LogP) is 3.29. The van der Waals surface area contributed by atoms with Gasteiger partial charge in [-0.25, -0.2) is 0 Å². The summed E-state index contributed by atoms with van der Waals surface area (Å²) in [5, 5.41) is 4.71. The summed E-state index contributed by atoms with van der Waals surface area (Å²) in [5.74, 6) is -0.211. The summed E-state index contributed by atoms with van der Waals surface area (Å²) in [5.41, 5.74) is 2.40. The summed E-state index contributed by atoms with van der Waals surface area (Å²) < 4.78 is 0. The molecule has 2 aromatic rings. The summed E-state index contributed by atoms with van der Waals surface area (Å²) in [4.78, 5) is 26.4. The lowest BCUT2D eigenvalue weighted by Gasteiger charge is -2.17. The van der Waals surface area contributed by atoms with E-state index in [4.69, 9.17) is 0 Å². The van der Waals surface area contributed by atoms with E-state index < -0.39 is 0 Å². The third-order valence-electron chi connectivity index (χ3n) is 3.13. The van der Waals surface area contributed by atoms with Crippen LogP contribution in [0.15, 0.2) is 35.7 Å². The van der Waals surface area contributed by atoms with E-state index in [0.717, 1.165) is 0 Å². The Hall–Kier alpha value is -2.14. The number of anilines is 1. The van der Waals surface area contributed by atoms with Gasteiger partial charge in [0, 0.05) is 30.1 Å². The fourth-order valence-electron chi connectivity index (χ4n) is 2.01.